The van der Waals surface area contributed by atoms with Crippen molar-refractivity contribution in [3.63, 3.8) is 0 Å². The van der Waals surface area contributed by atoms with Gasteiger partial charge in [-0.25, -0.2) is 9.97 Å². The summed E-state index contributed by atoms with van der Waals surface area (Å²) in [5.41, 5.74) is 7.71. The van der Waals surface area contributed by atoms with Crippen molar-refractivity contribution >= 4 is 10.8 Å². The minimum atomic E-state index is 0.348. The molecule has 9 rings (SSSR count). The van der Waals surface area contributed by atoms with E-state index >= 15 is 0 Å². The third-order valence-electron chi connectivity index (χ3n) is 10.4. The number of piperidine rings is 2. The summed E-state index contributed by atoms with van der Waals surface area (Å²) in [6, 6.07) is 24.2. The Bertz CT molecular complexity index is 1780. The SMILES string of the molecule is CC12CC1N[C@H](c1nc(-c3ccc(-c4ccc5cc(-c6c[nH]c([C@@H]7C[C@]8(C)C[C@@H]8N7)n6)ccc5c4)cc3)c[nH]1)C2. The fourth-order valence-electron chi connectivity index (χ4n) is 7.42. The van der Waals surface area contributed by atoms with Crippen molar-refractivity contribution in [3.05, 3.63) is 84.7 Å². The van der Waals surface area contributed by atoms with Gasteiger partial charge >= 0.3 is 0 Å². The Balaban J connectivity index is 0.925. The van der Waals surface area contributed by atoms with Gasteiger partial charge in [-0.1, -0.05) is 62.4 Å². The molecular weight excluding hydrogens is 492 g/mol. The van der Waals surface area contributed by atoms with Crippen molar-refractivity contribution in [2.75, 3.05) is 0 Å². The number of benzene rings is 3. The first-order valence-electron chi connectivity index (χ1n) is 14.7. The topological polar surface area (TPSA) is 81.4 Å². The molecule has 0 amide bonds. The number of aromatic amines is 2. The Morgan fingerprint density at radius 2 is 1.05 bits per heavy atom. The number of nitrogens with one attached hydrogen (secondary N) is 4. The van der Waals surface area contributed by atoms with Gasteiger partial charge in [0.2, 0.25) is 0 Å². The first kappa shape index (κ1) is 23.0. The van der Waals surface area contributed by atoms with E-state index in [1.807, 2.05) is 6.20 Å². The number of aromatic nitrogens is 4. The van der Waals surface area contributed by atoms with Gasteiger partial charge in [-0.15, -0.1) is 0 Å². The molecule has 0 bridgehead atoms. The first-order chi connectivity index (χ1) is 19.4. The van der Waals surface area contributed by atoms with Gasteiger partial charge in [0.05, 0.1) is 23.5 Å². The Kier molecular flexibility index (Phi) is 4.56. The maximum atomic E-state index is 4.96. The van der Waals surface area contributed by atoms with E-state index in [-0.39, 0.29) is 0 Å². The number of rotatable bonds is 5. The minimum Gasteiger partial charge on any atom is -0.347 e. The lowest BCUT2D eigenvalue weighted by atomic mass is 9.98. The van der Waals surface area contributed by atoms with Crippen molar-refractivity contribution in [1.29, 1.82) is 0 Å². The molecule has 4 N–H and O–H groups in total. The second-order valence-corrected chi connectivity index (χ2v) is 13.4. The molecule has 2 aliphatic heterocycles. The molecule has 4 fully saturated rings. The van der Waals surface area contributed by atoms with Crippen LogP contribution >= 0.6 is 0 Å². The maximum absolute atomic E-state index is 4.96. The van der Waals surface area contributed by atoms with Gasteiger partial charge in [0.25, 0.3) is 0 Å². The molecule has 4 heterocycles. The van der Waals surface area contributed by atoms with Crippen LogP contribution in [0.2, 0.25) is 0 Å². The molecule has 40 heavy (non-hydrogen) atoms. The predicted molar refractivity (Wildman–Crippen MR) is 159 cm³/mol. The van der Waals surface area contributed by atoms with E-state index in [1.54, 1.807) is 0 Å². The molecule has 6 atom stereocenters. The zero-order valence-electron chi connectivity index (χ0n) is 23.0. The molecule has 6 heteroatoms. The molecule has 2 aromatic heterocycles. The van der Waals surface area contributed by atoms with Gasteiger partial charge in [-0.3, -0.25) is 0 Å². The lowest BCUT2D eigenvalue weighted by Crippen LogP contribution is -2.18. The molecule has 3 aromatic carbocycles. The Labute approximate surface area is 234 Å². The van der Waals surface area contributed by atoms with Gasteiger partial charge in [0, 0.05) is 35.6 Å². The molecule has 2 saturated heterocycles. The minimum absolute atomic E-state index is 0.348. The third-order valence-corrected chi connectivity index (χ3v) is 10.4. The fourth-order valence-corrected chi connectivity index (χ4v) is 7.42. The zero-order chi connectivity index (χ0) is 26.6. The largest absolute Gasteiger partial charge is 0.347 e. The highest BCUT2D eigenvalue weighted by Crippen LogP contribution is 2.58. The van der Waals surface area contributed by atoms with Crippen molar-refractivity contribution in [1.82, 2.24) is 30.6 Å². The van der Waals surface area contributed by atoms with Gasteiger partial charge in [-0.05, 0) is 70.5 Å². The second kappa shape index (κ2) is 7.93. The number of imidazole rings is 2. The summed E-state index contributed by atoms with van der Waals surface area (Å²) >= 11 is 0. The second-order valence-electron chi connectivity index (χ2n) is 13.4. The van der Waals surface area contributed by atoms with Crippen LogP contribution in [-0.2, 0) is 0 Å². The maximum Gasteiger partial charge on any atom is 0.124 e. The van der Waals surface area contributed by atoms with Crippen molar-refractivity contribution in [2.45, 2.75) is 63.7 Å². The van der Waals surface area contributed by atoms with Crippen molar-refractivity contribution in [2.24, 2.45) is 10.8 Å². The number of hydrogen-bond donors (Lipinski definition) is 4. The number of hydrogen-bond acceptors (Lipinski definition) is 4. The lowest BCUT2D eigenvalue weighted by Gasteiger charge is -2.11. The highest BCUT2D eigenvalue weighted by atomic mass is 15.1. The Morgan fingerprint density at radius 3 is 1.60 bits per heavy atom. The number of fused-ring (bicyclic) bond motifs is 3. The van der Waals surface area contributed by atoms with Crippen LogP contribution < -0.4 is 10.6 Å². The van der Waals surface area contributed by atoms with Crippen molar-refractivity contribution in [3.8, 4) is 33.6 Å². The van der Waals surface area contributed by atoms with E-state index < -0.39 is 0 Å². The molecule has 2 unspecified atom stereocenters. The summed E-state index contributed by atoms with van der Waals surface area (Å²) in [7, 11) is 0. The van der Waals surface area contributed by atoms with Crippen molar-refractivity contribution < 1.29 is 0 Å². The van der Waals surface area contributed by atoms with E-state index in [1.165, 1.54) is 47.6 Å². The molecule has 200 valence electrons. The Morgan fingerprint density at radius 1 is 0.575 bits per heavy atom. The summed E-state index contributed by atoms with van der Waals surface area (Å²) in [5, 5.41) is 9.91. The summed E-state index contributed by atoms with van der Waals surface area (Å²) in [5.74, 6) is 2.13. The quantitative estimate of drug-likeness (QED) is 0.201. The van der Waals surface area contributed by atoms with Crippen LogP contribution in [0.5, 0.6) is 0 Å². The van der Waals surface area contributed by atoms with Crippen LogP contribution in [0.25, 0.3) is 44.4 Å². The van der Waals surface area contributed by atoms with Crippen LogP contribution in [0.1, 0.15) is 63.3 Å². The smallest absolute Gasteiger partial charge is 0.124 e. The normalized spacial score (nSPS) is 31.9. The average molecular weight is 527 g/mol. The summed E-state index contributed by atoms with van der Waals surface area (Å²) in [6.45, 7) is 4.76. The van der Waals surface area contributed by atoms with Crippen LogP contribution in [0.15, 0.2) is 73.1 Å². The van der Waals surface area contributed by atoms with E-state index in [0.717, 1.165) is 34.2 Å². The van der Waals surface area contributed by atoms with E-state index in [0.29, 0.717) is 35.0 Å². The van der Waals surface area contributed by atoms with E-state index in [4.69, 9.17) is 9.97 Å². The van der Waals surface area contributed by atoms with Crippen LogP contribution in [-0.4, -0.2) is 32.0 Å². The van der Waals surface area contributed by atoms with E-state index in [9.17, 15) is 0 Å². The summed E-state index contributed by atoms with van der Waals surface area (Å²) < 4.78 is 0. The molecule has 0 spiro atoms. The van der Waals surface area contributed by atoms with Gasteiger partial charge in [0.15, 0.2) is 0 Å². The molecule has 2 saturated carbocycles. The number of H-pyrrole nitrogens is 2. The lowest BCUT2D eigenvalue weighted by molar-refractivity contribution is 0.488. The zero-order valence-corrected chi connectivity index (χ0v) is 23.0. The van der Waals surface area contributed by atoms with Gasteiger partial charge < -0.3 is 20.6 Å². The monoisotopic (exact) mass is 526 g/mol. The molecule has 0 radical (unpaired) electrons. The third kappa shape index (κ3) is 3.62. The highest BCUT2D eigenvalue weighted by molar-refractivity contribution is 5.90. The highest BCUT2D eigenvalue weighted by Gasteiger charge is 2.58. The van der Waals surface area contributed by atoms with Crippen LogP contribution in [0.3, 0.4) is 0 Å². The molecular formula is C34H34N6. The first-order valence-corrected chi connectivity index (χ1v) is 14.7. The fraction of sp³-hybridized carbons (Fsp3) is 0.353. The summed E-state index contributed by atoms with van der Waals surface area (Å²) in [6.07, 6.45) is 9.05. The molecule has 5 aromatic rings. The average Bonchev–Trinajstić information content (AvgIpc) is 3.46. The molecule has 6 nitrogen and oxygen atoms in total. The summed E-state index contributed by atoms with van der Waals surface area (Å²) in [4.78, 5) is 16.7. The van der Waals surface area contributed by atoms with Gasteiger partial charge in [-0.2, -0.15) is 0 Å². The molecule has 2 aliphatic carbocycles. The predicted octanol–water partition coefficient (Wildman–Crippen LogP) is 6.91. The Hall–Kier alpha value is -3.74. The number of nitrogens with zero attached hydrogens (tertiary/aromatic N) is 2. The van der Waals surface area contributed by atoms with Crippen LogP contribution in [0, 0.1) is 10.8 Å². The standard InChI is InChI=1S/C34H34N6/c1-33-13-25(37-29(33)15-33)31-35-17-27(39-31)20-5-3-19(4-6-20)21-7-8-23-12-24(10-9-22(23)11-21)28-18-36-32(40-28)26-14-34(2)16-30(34)38-26/h3-12,17-18,25-26,29-30,37-38H,13-16H2,1-2H3,(H,35,39)(H,36,40)/t25-,26-,29?,30-,33?,34+/m0/s1. The van der Waals surface area contributed by atoms with Crippen LogP contribution in [0.4, 0.5) is 0 Å². The van der Waals surface area contributed by atoms with E-state index in [2.05, 4.69) is 101 Å². The molecule has 4 aliphatic rings. The van der Waals surface area contributed by atoms with Gasteiger partial charge in [0.1, 0.15) is 11.6 Å².